The molecule has 0 aromatic heterocycles. The Kier molecular flexibility index (Phi) is 4.91. The van der Waals surface area contributed by atoms with E-state index in [4.69, 9.17) is 9.47 Å². The summed E-state index contributed by atoms with van der Waals surface area (Å²) < 4.78 is 49.2. The predicted octanol–water partition coefficient (Wildman–Crippen LogP) is 3.61. The van der Waals surface area contributed by atoms with Gasteiger partial charge in [0, 0.05) is 12.5 Å². The first-order chi connectivity index (χ1) is 12.3. The number of alkyl halides is 3. The molecule has 0 fully saturated rings. The highest BCUT2D eigenvalue weighted by Gasteiger charge is 2.46. The van der Waals surface area contributed by atoms with Crippen molar-refractivity contribution >= 4 is 5.78 Å². The molecular formula is C19H18F3NO3. The van der Waals surface area contributed by atoms with Crippen LogP contribution < -0.4 is 14.8 Å². The molecule has 4 nitrogen and oxygen atoms in total. The number of ketones is 1. The maximum Gasteiger partial charge on any atom is 0.452 e. The summed E-state index contributed by atoms with van der Waals surface area (Å²) in [7, 11) is 2.99. The minimum Gasteiger partial charge on any atom is -0.497 e. The highest BCUT2D eigenvalue weighted by atomic mass is 19.4. The van der Waals surface area contributed by atoms with Crippen LogP contribution in [0.4, 0.5) is 13.2 Å². The lowest BCUT2D eigenvalue weighted by Crippen LogP contribution is -2.43. The van der Waals surface area contributed by atoms with Gasteiger partial charge in [-0.05, 0) is 41.0 Å². The zero-order valence-electron chi connectivity index (χ0n) is 14.3. The minimum absolute atomic E-state index is 0.181. The number of Topliss-reactive ketones (excluding diaryl/α,β-unsaturated/α-hetero) is 1. The summed E-state index contributed by atoms with van der Waals surface area (Å²) >= 11 is 0. The van der Waals surface area contributed by atoms with Gasteiger partial charge in [-0.15, -0.1) is 0 Å². The Bertz CT molecular complexity index is 803. The van der Waals surface area contributed by atoms with Crippen molar-refractivity contribution in [3.8, 4) is 11.5 Å². The third kappa shape index (κ3) is 3.39. The molecule has 1 aliphatic heterocycles. The molecule has 1 aliphatic rings. The van der Waals surface area contributed by atoms with Crippen molar-refractivity contribution in [1.82, 2.24) is 5.32 Å². The van der Waals surface area contributed by atoms with Crippen LogP contribution in [0.3, 0.4) is 0 Å². The molecule has 0 saturated carbocycles. The number of hydrogen-bond donors (Lipinski definition) is 1. The number of halogens is 3. The largest absolute Gasteiger partial charge is 0.497 e. The zero-order chi connectivity index (χ0) is 18.9. The standard InChI is InChI=1S/C19H18F3NO3/c1-25-12-5-3-11(4-6-12)16-10-23-17(18(24)19(20,21)22)15-9-13(26-2)7-8-14(15)16/h3-9,16-17,23H,10H2,1-2H3. The molecule has 138 valence electrons. The normalized spacial score (nSPS) is 19.6. The number of rotatable bonds is 4. The van der Waals surface area contributed by atoms with Crippen LogP contribution in [0.25, 0.3) is 0 Å². The smallest absolute Gasteiger partial charge is 0.452 e. The second kappa shape index (κ2) is 6.99. The van der Waals surface area contributed by atoms with Gasteiger partial charge in [-0.3, -0.25) is 4.79 Å². The van der Waals surface area contributed by atoms with Crippen molar-refractivity contribution in [2.24, 2.45) is 0 Å². The van der Waals surface area contributed by atoms with Gasteiger partial charge in [0.15, 0.2) is 0 Å². The van der Waals surface area contributed by atoms with Gasteiger partial charge >= 0.3 is 6.18 Å². The predicted molar refractivity (Wildman–Crippen MR) is 89.6 cm³/mol. The third-order valence-electron chi connectivity index (χ3n) is 4.57. The maximum absolute atomic E-state index is 13.0. The summed E-state index contributed by atoms with van der Waals surface area (Å²) in [6.45, 7) is 0.220. The Labute approximate surface area is 148 Å². The fourth-order valence-electron chi connectivity index (χ4n) is 3.23. The van der Waals surface area contributed by atoms with Crippen LogP contribution in [-0.4, -0.2) is 32.7 Å². The summed E-state index contributed by atoms with van der Waals surface area (Å²) in [5.74, 6) is -0.891. The van der Waals surface area contributed by atoms with Crippen molar-refractivity contribution in [3.05, 3.63) is 59.2 Å². The molecule has 1 N–H and O–H groups in total. The van der Waals surface area contributed by atoms with E-state index in [2.05, 4.69) is 5.32 Å². The third-order valence-corrected chi connectivity index (χ3v) is 4.57. The van der Waals surface area contributed by atoms with Crippen molar-refractivity contribution < 1.29 is 27.4 Å². The van der Waals surface area contributed by atoms with Crippen LogP contribution in [0.15, 0.2) is 42.5 Å². The topological polar surface area (TPSA) is 47.6 Å². The molecule has 0 aliphatic carbocycles. The number of carbonyl (C=O) groups excluding carboxylic acids is 1. The second-order valence-electron chi connectivity index (χ2n) is 6.02. The quantitative estimate of drug-likeness (QED) is 0.899. The van der Waals surface area contributed by atoms with E-state index in [9.17, 15) is 18.0 Å². The molecule has 0 radical (unpaired) electrons. The monoisotopic (exact) mass is 365 g/mol. The summed E-state index contributed by atoms with van der Waals surface area (Å²) in [4.78, 5) is 11.9. The van der Waals surface area contributed by atoms with Gasteiger partial charge in [-0.2, -0.15) is 13.2 Å². The molecule has 0 spiro atoms. The lowest BCUT2D eigenvalue weighted by atomic mass is 9.81. The Morgan fingerprint density at radius 2 is 1.62 bits per heavy atom. The molecule has 0 amide bonds. The Morgan fingerprint density at radius 1 is 1.00 bits per heavy atom. The lowest BCUT2D eigenvalue weighted by Gasteiger charge is -2.33. The molecule has 2 unspecified atom stereocenters. The van der Waals surface area contributed by atoms with Crippen LogP contribution in [0.1, 0.15) is 28.7 Å². The first-order valence-corrected chi connectivity index (χ1v) is 8.01. The van der Waals surface area contributed by atoms with E-state index in [0.717, 1.165) is 5.56 Å². The van der Waals surface area contributed by atoms with Crippen LogP contribution in [0.2, 0.25) is 0 Å². The van der Waals surface area contributed by atoms with Crippen molar-refractivity contribution in [1.29, 1.82) is 0 Å². The van der Waals surface area contributed by atoms with Gasteiger partial charge < -0.3 is 14.8 Å². The molecule has 1 heterocycles. The number of fused-ring (bicyclic) bond motifs is 1. The van der Waals surface area contributed by atoms with Gasteiger partial charge in [0.2, 0.25) is 0 Å². The molecule has 3 rings (SSSR count). The highest BCUT2D eigenvalue weighted by molar-refractivity contribution is 5.91. The fourth-order valence-corrected chi connectivity index (χ4v) is 3.23. The van der Waals surface area contributed by atoms with Crippen molar-refractivity contribution in [3.63, 3.8) is 0 Å². The second-order valence-corrected chi connectivity index (χ2v) is 6.02. The van der Waals surface area contributed by atoms with E-state index >= 15 is 0 Å². The molecule has 0 bridgehead atoms. The molecule has 0 saturated heterocycles. The van der Waals surface area contributed by atoms with E-state index in [0.29, 0.717) is 22.6 Å². The van der Waals surface area contributed by atoms with Gasteiger partial charge in [-0.25, -0.2) is 0 Å². The number of ether oxygens (including phenoxy) is 2. The lowest BCUT2D eigenvalue weighted by molar-refractivity contribution is -0.173. The van der Waals surface area contributed by atoms with E-state index in [-0.39, 0.29) is 12.5 Å². The van der Waals surface area contributed by atoms with Crippen molar-refractivity contribution in [2.45, 2.75) is 18.1 Å². The number of nitrogens with one attached hydrogen (secondary N) is 1. The Hall–Kier alpha value is -2.54. The summed E-state index contributed by atoms with van der Waals surface area (Å²) in [5.41, 5.74) is 1.89. The van der Waals surface area contributed by atoms with E-state index < -0.39 is 18.0 Å². The highest BCUT2D eigenvalue weighted by Crippen LogP contribution is 2.39. The average molecular weight is 365 g/mol. The van der Waals surface area contributed by atoms with Crippen molar-refractivity contribution in [2.75, 3.05) is 20.8 Å². The number of benzene rings is 2. The SMILES string of the molecule is COc1ccc(C2CNC(C(=O)C(F)(F)F)c3cc(OC)ccc32)cc1. The van der Waals surface area contributed by atoms with E-state index in [1.165, 1.54) is 13.2 Å². The maximum atomic E-state index is 13.0. The van der Waals surface area contributed by atoms with Crippen LogP contribution >= 0.6 is 0 Å². The minimum atomic E-state index is -4.91. The Morgan fingerprint density at radius 3 is 2.19 bits per heavy atom. The average Bonchev–Trinajstić information content (AvgIpc) is 2.65. The molecule has 26 heavy (non-hydrogen) atoms. The van der Waals surface area contributed by atoms with E-state index in [1.807, 2.05) is 12.1 Å². The summed E-state index contributed by atoms with van der Waals surface area (Å²) in [6, 6.07) is 10.8. The molecule has 7 heteroatoms. The van der Waals surface area contributed by atoms with Gasteiger partial charge in [-0.1, -0.05) is 18.2 Å². The first-order valence-electron chi connectivity index (χ1n) is 8.01. The zero-order valence-corrected chi connectivity index (χ0v) is 14.3. The number of methoxy groups -OCH3 is 2. The van der Waals surface area contributed by atoms with Crippen LogP contribution in [-0.2, 0) is 4.79 Å². The number of hydrogen-bond acceptors (Lipinski definition) is 4. The number of carbonyl (C=O) groups is 1. The summed E-state index contributed by atoms with van der Waals surface area (Å²) in [6.07, 6.45) is -4.91. The van der Waals surface area contributed by atoms with Gasteiger partial charge in [0.25, 0.3) is 5.78 Å². The molecular weight excluding hydrogens is 347 g/mol. The van der Waals surface area contributed by atoms with Gasteiger partial charge in [0.05, 0.1) is 14.2 Å². The van der Waals surface area contributed by atoms with E-state index in [1.54, 1.807) is 31.4 Å². The fraction of sp³-hybridized carbons (Fsp3) is 0.316. The molecule has 2 aromatic rings. The summed E-state index contributed by atoms with van der Waals surface area (Å²) in [5, 5.41) is 2.75. The Balaban J connectivity index is 2.04. The molecule has 2 aromatic carbocycles. The molecule has 2 atom stereocenters. The first kappa shape index (κ1) is 18.3. The van der Waals surface area contributed by atoms with Crippen LogP contribution in [0, 0.1) is 0 Å². The van der Waals surface area contributed by atoms with Crippen LogP contribution in [0.5, 0.6) is 11.5 Å². The van der Waals surface area contributed by atoms with Gasteiger partial charge in [0.1, 0.15) is 17.5 Å².